The molecule has 1 aliphatic rings. The van der Waals surface area contributed by atoms with E-state index in [1.165, 1.54) is 12.1 Å². The maximum absolute atomic E-state index is 13.9. The van der Waals surface area contributed by atoms with Gasteiger partial charge in [-0.1, -0.05) is 22.0 Å². The molecule has 2 rings (SSSR count). The lowest BCUT2D eigenvalue weighted by molar-refractivity contribution is 0.263. The van der Waals surface area contributed by atoms with Gasteiger partial charge in [-0.3, -0.25) is 0 Å². The first kappa shape index (κ1) is 12.0. The standard InChI is InChI=1S/C12H14BrF2N/c13-10-7-9(14)4-3-8(10)6-11(15)12-2-1-5-16-12/h3-4,7,11-12,16H,1-2,5-6H2. The van der Waals surface area contributed by atoms with Crippen LogP contribution in [0.2, 0.25) is 0 Å². The molecule has 88 valence electrons. The summed E-state index contributed by atoms with van der Waals surface area (Å²) in [6.45, 7) is 0.898. The van der Waals surface area contributed by atoms with Gasteiger partial charge in [0.1, 0.15) is 12.0 Å². The summed E-state index contributed by atoms with van der Waals surface area (Å²) in [6, 6.07) is 4.34. The Hall–Kier alpha value is -0.480. The zero-order valence-electron chi connectivity index (χ0n) is 8.85. The van der Waals surface area contributed by atoms with Crippen LogP contribution in [0.1, 0.15) is 18.4 Å². The predicted octanol–water partition coefficient (Wildman–Crippen LogP) is 3.22. The van der Waals surface area contributed by atoms with Gasteiger partial charge in [0.15, 0.2) is 0 Å². The van der Waals surface area contributed by atoms with Crippen molar-refractivity contribution in [3.05, 3.63) is 34.1 Å². The maximum atomic E-state index is 13.9. The van der Waals surface area contributed by atoms with Crippen molar-refractivity contribution in [1.82, 2.24) is 5.32 Å². The van der Waals surface area contributed by atoms with E-state index in [4.69, 9.17) is 0 Å². The molecule has 0 radical (unpaired) electrons. The van der Waals surface area contributed by atoms with Crippen molar-refractivity contribution in [1.29, 1.82) is 0 Å². The molecule has 1 heterocycles. The molecule has 1 aromatic carbocycles. The van der Waals surface area contributed by atoms with E-state index in [-0.39, 0.29) is 11.9 Å². The molecule has 2 unspecified atom stereocenters. The summed E-state index contributed by atoms with van der Waals surface area (Å²) in [7, 11) is 0. The van der Waals surface area contributed by atoms with Crippen LogP contribution in [0.4, 0.5) is 8.78 Å². The first-order valence-electron chi connectivity index (χ1n) is 5.48. The van der Waals surface area contributed by atoms with Gasteiger partial charge in [-0.15, -0.1) is 0 Å². The van der Waals surface area contributed by atoms with Crippen LogP contribution in [0.5, 0.6) is 0 Å². The molecule has 1 nitrogen and oxygen atoms in total. The normalized spacial score (nSPS) is 22.3. The summed E-state index contributed by atoms with van der Waals surface area (Å²) in [4.78, 5) is 0. The van der Waals surface area contributed by atoms with Crippen molar-refractivity contribution >= 4 is 15.9 Å². The number of benzene rings is 1. The van der Waals surface area contributed by atoms with E-state index in [1.807, 2.05) is 0 Å². The molecule has 1 fully saturated rings. The molecule has 1 aromatic rings. The quantitative estimate of drug-likeness (QED) is 0.901. The number of halogens is 3. The number of alkyl halides is 1. The van der Waals surface area contributed by atoms with Crippen molar-refractivity contribution in [3.8, 4) is 0 Å². The van der Waals surface area contributed by atoms with Gasteiger partial charge in [0.25, 0.3) is 0 Å². The third kappa shape index (κ3) is 2.80. The molecule has 0 spiro atoms. The minimum atomic E-state index is -0.899. The van der Waals surface area contributed by atoms with Gasteiger partial charge >= 0.3 is 0 Å². The SMILES string of the molecule is Fc1ccc(CC(F)C2CCCN2)c(Br)c1. The van der Waals surface area contributed by atoms with Gasteiger partial charge < -0.3 is 5.32 Å². The summed E-state index contributed by atoms with van der Waals surface area (Å²) >= 11 is 3.26. The van der Waals surface area contributed by atoms with Crippen LogP contribution in [0.15, 0.2) is 22.7 Å². The second kappa shape index (κ2) is 5.23. The van der Waals surface area contributed by atoms with Gasteiger partial charge in [-0.2, -0.15) is 0 Å². The predicted molar refractivity (Wildman–Crippen MR) is 63.7 cm³/mol. The molecular weight excluding hydrogens is 276 g/mol. The van der Waals surface area contributed by atoms with Crippen LogP contribution in [0.25, 0.3) is 0 Å². The zero-order chi connectivity index (χ0) is 11.5. The lowest BCUT2D eigenvalue weighted by atomic mass is 10.0. The third-order valence-corrected chi connectivity index (χ3v) is 3.70. The lowest BCUT2D eigenvalue weighted by Gasteiger charge is -2.16. The summed E-state index contributed by atoms with van der Waals surface area (Å²) in [5, 5.41) is 3.14. The summed E-state index contributed by atoms with van der Waals surface area (Å²) in [6.07, 6.45) is 1.36. The Bertz CT molecular complexity index is 364. The summed E-state index contributed by atoms with van der Waals surface area (Å²) < 4.78 is 27.4. The van der Waals surface area contributed by atoms with Crippen molar-refractivity contribution in [2.45, 2.75) is 31.5 Å². The Kier molecular flexibility index (Phi) is 3.92. The highest BCUT2D eigenvalue weighted by Gasteiger charge is 2.24. The molecule has 0 saturated carbocycles. The monoisotopic (exact) mass is 289 g/mol. The Morgan fingerprint density at radius 1 is 1.50 bits per heavy atom. The van der Waals surface area contributed by atoms with Crippen LogP contribution in [-0.2, 0) is 6.42 Å². The highest BCUT2D eigenvalue weighted by atomic mass is 79.9. The Morgan fingerprint density at radius 2 is 2.31 bits per heavy atom. The van der Waals surface area contributed by atoms with E-state index in [0.29, 0.717) is 10.9 Å². The van der Waals surface area contributed by atoms with E-state index < -0.39 is 6.17 Å². The number of hydrogen-bond donors (Lipinski definition) is 1. The first-order chi connectivity index (χ1) is 7.66. The van der Waals surface area contributed by atoms with Crippen LogP contribution >= 0.6 is 15.9 Å². The number of hydrogen-bond acceptors (Lipinski definition) is 1. The Morgan fingerprint density at radius 3 is 2.94 bits per heavy atom. The molecule has 4 heteroatoms. The molecule has 0 amide bonds. The first-order valence-corrected chi connectivity index (χ1v) is 6.27. The molecule has 0 aromatic heterocycles. The van der Waals surface area contributed by atoms with E-state index in [1.54, 1.807) is 6.07 Å². The molecule has 1 saturated heterocycles. The summed E-state index contributed by atoms with van der Waals surface area (Å²) in [5.74, 6) is -0.301. The lowest BCUT2D eigenvalue weighted by Crippen LogP contribution is -2.33. The van der Waals surface area contributed by atoms with Crippen LogP contribution in [0.3, 0.4) is 0 Å². The highest BCUT2D eigenvalue weighted by molar-refractivity contribution is 9.10. The van der Waals surface area contributed by atoms with E-state index in [0.717, 1.165) is 24.9 Å². The van der Waals surface area contributed by atoms with Crippen molar-refractivity contribution in [3.63, 3.8) is 0 Å². The second-order valence-electron chi connectivity index (χ2n) is 4.16. The van der Waals surface area contributed by atoms with Gasteiger partial charge in [-0.25, -0.2) is 8.78 Å². The molecule has 16 heavy (non-hydrogen) atoms. The largest absolute Gasteiger partial charge is 0.311 e. The fraction of sp³-hybridized carbons (Fsp3) is 0.500. The minimum Gasteiger partial charge on any atom is -0.311 e. The van der Waals surface area contributed by atoms with Crippen LogP contribution in [0, 0.1) is 5.82 Å². The van der Waals surface area contributed by atoms with E-state index in [9.17, 15) is 8.78 Å². The fourth-order valence-corrected chi connectivity index (χ4v) is 2.57. The number of rotatable bonds is 3. The summed E-state index contributed by atoms with van der Waals surface area (Å²) in [5.41, 5.74) is 0.822. The average Bonchev–Trinajstić information content (AvgIpc) is 2.75. The van der Waals surface area contributed by atoms with E-state index >= 15 is 0 Å². The van der Waals surface area contributed by atoms with Gasteiger partial charge in [0.05, 0.1) is 0 Å². The Labute approximate surface area is 102 Å². The molecule has 0 bridgehead atoms. The van der Waals surface area contributed by atoms with Crippen molar-refractivity contribution in [2.75, 3.05) is 6.54 Å². The van der Waals surface area contributed by atoms with Crippen LogP contribution in [-0.4, -0.2) is 18.8 Å². The minimum absolute atomic E-state index is 0.0445. The molecule has 0 aliphatic carbocycles. The zero-order valence-corrected chi connectivity index (χ0v) is 10.4. The van der Waals surface area contributed by atoms with Crippen LogP contribution < -0.4 is 5.32 Å². The molecule has 1 N–H and O–H groups in total. The van der Waals surface area contributed by atoms with Crippen molar-refractivity contribution in [2.24, 2.45) is 0 Å². The smallest absolute Gasteiger partial charge is 0.124 e. The van der Waals surface area contributed by atoms with Gasteiger partial charge in [-0.05, 0) is 37.1 Å². The molecule has 1 aliphatic heterocycles. The molecular formula is C12H14BrF2N. The third-order valence-electron chi connectivity index (χ3n) is 2.97. The topological polar surface area (TPSA) is 12.0 Å². The van der Waals surface area contributed by atoms with Gasteiger partial charge in [0.2, 0.25) is 0 Å². The Balaban J connectivity index is 2.02. The maximum Gasteiger partial charge on any atom is 0.124 e. The molecule has 2 atom stereocenters. The van der Waals surface area contributed by atoms with E-state index in [2.05, 4.69) is 21.2 Å². The highest BCUT2D eigenvalue weighted by Crippen LogP contribution is 2.23. The fourth-order valence-electron chi connectivity index (χ4n) is 2.06. The second-order valence-corrected chi connectivity index (χ2v) is 5.01. The van der Waals surface area contributed by atoms with Crippen molar-refractivity contribution < 1.29 is 8.78 Å². The number of nitrogens with one attached hydrogen (secondary N) is 1. The average molecular weight is 290 g/mol. The van der Waals surface area contributed by atoms with Gasteiger partial charge in [0, 0.05) is 16.9 Å².